The SMILES string of the molecule is C[C@@H]1OCC[C@H]1NC(=O)NC[C@@H]1CCN(c2ccc(F)c(F)c2)C1. The molecule has 2 amide bonds. The van der Waals surface area contributed by atoms with Crippen LogP contribution in [0, 0.1) is 17.6 Å². The van der Waals surface area contributed by atoms with Gasteiger partial charge >= 0.3 is 6.03 Å². The molecule has 0 aromatic heterocycles. The molecule has 2 saturated heterocycles. The third kappa shape index (κ3) is 3.95. The van der Waals surface area contributed by atoms with Crippen molar-refractivity contribution in [2.45, 2.75) is 31.9 Å². The molecule has 2 heterocycles. The van der Waals surface area contributed by atoms with Crippen LogP contribution in [0.4, 0.5) is 19.3 Å². The molecule has 2 N–H and O–H groups in total. The Morgan fingerprint density at radius 3 is 2.88 bits per heavy atom. The fourth-order valence-corrected chi connectivity index (χ4v) is 3.29. The maximum absolute atomic E-state index is 13.3. The highest BCUT2D eigenvalue weighted by molar-refractivity contribution is 5.74. The van der Waals surface area contributed by atoms with Gasteiger partial charge in [0.25, 0.3) is 0 Å². The van der Waals surface area contributed by atoms with Gasteiger partial charge in [-0.2, -0.15) is 0 Å². The van der Waals surface area contributed by atoms with Gasteiger partial charge in [0.2, 0.25) is 0 Å². The third-order valence-electron chi connectivity index (χ3n) is 4.80. The summed E-state index contributed by atoms with van der Waals surface area (Å²) in [5.74, 6) is -1.37. The van der Waals surface area contributed by atoms with Crippen LogP contribution in [0.25, 0.3) is 0 Å². The molecule has 5 nitrogen and oxygen atoms in total. The van der Waals surface area contributed by atoms with Crippen LogP contribution < -0.4 is 15.5 Å². The molecule has 0 radical (unpaired) electrons. The van der Waals surface area contributed by atoms with E-state index in [1.165, 1.54) is 6.07 Å². The van der Waals surface area contributed by atoms with Gasteiger partial charge in [0.05, 0.1) is 12.1 Å². The Labute approximate surface area is 140 Å². The van der Waals surface area contributed by atoms with E-state index in [0.29, 0.717) is 31.3 Å². The zero-order chi connectivity index (χ0) is 17.1. The molecule has 3 atom stereocenters. The van der Waals surface area contributed by atoms with Gasteiger partial charge in [-0.05, 0) is 37.8 Å². The number of hydrogen-bond acceptors (Lipinski definition) is 3. The van der Waals surface area contributed by atoms with Gasteiger partial charge in [0, 0.05) is 38.0 Å². The van der Waals surface area contributed by atoms with Crippen LogP contribution in [0.3, 0.4) is 0 Å². The van der Waals surface area contributed by atoms with E-state index in [2.05, 4.69) is 10.6 Å². The number of nitrogens with zero attached hydrogens (tertiary/aromatic N) is 1. The molecule has 0 spiro atoms. The number of amides is 2. The fourth-order valence-electron chi connectivity index (χ4n) is 3.29. The largest absolute Gasteiger partial charge is 0.376 e. The lowest BCUT2D eigenvalue weighted by atomic mass is 10.1. The highest BCUT2D eigenvalue weighted by atomic mass is 19.2. The van der Waals surface area contributed by atoms with Gasteiger partial charge < -0.3 is 20.3 Å². The average Bonchev–Trinajstić information content (AvgIpc) is 3.18. The standard InChI is InChI=1S/C17H23F2N3O2/c1-11-16(5-7-24-11)21-17(23)20-9-12-4-6-22(10-12)13-2-3-14(18)15(19)8-13/h2-3,8,11-12,16H,4-7,9-10H2,1H3,(H2,20,21,23)/t11-,12-,16+/m0/s1. The Balaban J connectivity index is 1.44. The lowest BCUT2D eigenvalue weighted by Gasteiger charge is -2.20. The van der Waals surface area contributed by atoms with Crippen LogP contribution in [0.1, 0.15) is 19.8 Å². The maximum Gasteiger partial charge on any atom is 0.315 e. The van der Waals surface area contributed by atoms with E-state index < -0.39 is 11.6 Å². The first kappa shape index (κ1) is 17.0. The topological polar surface area (TPSA) is 53.6 Å². The first-order chi connectivity index (χ1) is 11.5. The number of carbonyl (C=O) groups excluding carboxylic acids is 1. The minimum absolute atomic E-state index is 0.0473. The molecule has 7 heteroatoms. The average molecular weight is 339 g/mol. The normalized spacial score (nSPS) is 26.6. The van der Waals surface area contributed by atoms with Crippen LogP contribution in [-0.2, 0) is 4.74 Å². The number of rotatable bonds is 4. The molecular formula is C17H23F2N3O2. The molecule has 2 aliphatic rings. The molecule has 3 rings (SSSR count). The van der Waals surface area contributed by atoms with Gasteiger partial charge in [-0.25, -0.2) is 13.6 Å². The number of halogens is 2. The van der Waals surface area contributed by atoms with Crippen molar-refractivity contribution in [1.82, 2.24) is 10.6 Å². The van der Waals surface area contributed by atoms with Crippen LogP contribution in [0.15, 0.2) is 18.2 Å². The molecule has 1 aromatic carbocycles. The minimum atomic E-state index is -0.835. The number of anilines is 1. The van der Waals surface area contributed by atoms with Crippen LogP contribution in [-0.4, -0.2) is 44.4 Å². The monoisotopic (exact) mass is 339 g/mol. The Bertz CT molecular complexity index is 599. The Morgan fingerprint density at radius 1 is 1.33 bits per heavy atom. The first-order valence-corrected chi connectivity index (χ1v) is 8.39. The Kier molecular flexibility index (Phi) is 5.18. The number of nitrogens with one attached hydrogen (secondary N) is 2. The number of hydrogen-bond donors (Lipinski definition) is 2. The van der Waals surface area contributed by atoms with E-state index >= 15 is 0 Å². The van der Waals surface area contributed by atoms with Crippen LogP contribution in [0.5, 0.6) is 0 Å². The van der Waals surface area contributed by atoms with Crippen molar-refractivity contribution >= 4 is 11.7 Å². The van der Waals surface area contributed by atoms with Gasteiger partial charge in [0.15, 0.2) is 11.6 Å². The molecule has 0 saturated carbocycles. The van der Waals surface area contributed by atoms with E-state index in [-0.39, 0.29) is 18.2 Å². The van der Waals surface area contributed by atoms with Gasteiger partial charge in [-0.3, -0.25) is 0 Å². The summed E-state index contributed by atoms with van der Waals surface area (Å²) in [4.78, 5) is 14.0. The van der Waals surface area contributed by atoms with E-state index in [0.717, 1.165) is 25.5 Å². The van der Waals surface area contributed by atoms with Gasteiger partial charge in [0.1, 0.15) is 0 Å². The molecule has 2 fully saturated rings. The van der Waals surface area contributed by atoms with Crippen molar-refractivity contribution in [1.29, 1.82) is 0 Å². The minimum Gasteiger partial charge on any atom is -0.376 e. The Morgan fingerprint density at radius 2 is 2.17 bits per heavy atom. The summed E-state index contributed by atoms with van der Waals surface area (Å²) in [5.41, 5.74) is 0.679. The van der Waals surface area contributed by atoms with Gasteiger partial charge in [-0.1, -0.05) is 0 Å². The smallest absolute Gasteiger partial charge is 0.315 e. The number of benzene rings is 1. The molecule has 2 aliphatic heterocycles. The molecule has 0 aliphatic carbocycles. The summed E-state index contributed by atoms with van der Waals surface area (Å²) in [6, 6.07) is 3.84. The molecule has 0 unspecified atom stereocenters. The van der Waals surface area contributed by atoms with Crippen molar-refractivity contribution in [2.24, 2.45) is 5.92 Å². The van der Waals surface area contributed by atoms with Crippen molar-refractivity contribution in [3.05, 3.63) is 29.8 Å². The maximum atomic E-state index is 13.3. The second kappa shape index (κ2) is 7.34. The summed E-state index contributed by atoms with van der Waals surface area (Å²) < 4.78 is 31.8. The molecule has 132 valence electrons. The Hall–Kier alpha value is -1.89. The zero-order valence-corrected chi connectivity index (χ0v) is 13.7. The second-order valence-corrected chi connectivity index (χ2v) is 6.52. The summed E-state index contributed by atoms with van der Waals surface area (Å²) in [7, 11) is 0. The van der Waals surface area contributed by atoms with Crippen LogP contribution >= 0.6 is 0 Å². The summed E-state index contributed by atoms with van der Waals surface area (Å²) >= 11 is 0. The van der Waals surface area contributed by atoms with Gasteiger partial charge in [-0.15, -0.1) is 0 Å². The molecule has 0 bridgehead atoms. The third-order valence-corrected chi connectivity index (χ3v) is 4.80. The molecule has 1 aromatic rings. The van der Waals surface area contributed by atoms with E-state index in [9.17, 15) is 13.6 Å². The highest BCUT2D eigenvalue weighted by Gasteiger charge is 2.27. The van der Waals surface area contributed by atoms with E-state index in [1.54, 1.807) is 6.07 Å². The quantitative estimate of drug-likeness (QED) is 0.885. The van der Waals surface area contributed by atoms with Crippen LogP contribution in [0.2, 0.25) is 0 Å². The summed E-state index contributed by atoms with van der Waals surface area (Å²) in [5, 5.41) is 5.83. The number of urea groups is 1. The molecular weight excluding hydrogens is 316 g/mol. The zero-order valence-electron chi connectivity index (χ0n) is 13.7. The second-order valence-electron chi connectivity index (χ2n) is 6.52. The summed E-state index contributed by atoms with van der Waals surface area (Å²) in [6.45, 7) is 4.68. The van der Waals surface area contributed by atoms with Crippen molar-refractivity contribution < 1.29 is 18.3 Å². The lowest BCUT2D eigenvalue weighted by molar-refractivity contribution is 0.114. The fraction of sp³-hybridized carbons (Fsp3) is 0.588. The molecule has 24 heavy (non-hydrogen) atoms. The first-order valence-electron chi connectivity index (χ1n) is 8.39. The lowest BCUT2D eigenvalue weighted by Crippen LogP contribution is -2.46. The van der Waals surface area contributed by atoms with Crippen molar-refractivity contribution in [2.75, 3.05) is 31.1 Å². The predicted octanol–water partition coefficient (Wildman–Crippen LogP) is 2.27. The van der Waals surface area contributed by atoms with Crippen molar-refractivity contribution in [3.63, 3.8) is 0 Å². The highest BCUT2D eigenvalue weighted by Crippen LogP contribution is 2.25. The van der Waals surface area contributed by atoms with E-state index in [4.69, 9.17) is 4.74 Å². The summed E-state index contributed by atoms with van der Waals surface area (Å²) in [6.07, 6.45) is 1.79. The predicted molar refractivity (Wildman–Crippen MR) is 87.0 cm³/mol. The van der Waals surface area contributed by atoms with Crippen molar-refractivity contribution in [3.8, 4) is 0 Å². The van der Waals surface area contributed by atoms with E-state index in [1.807, 2.05) is 11.8 Å². The number of carbonyl (C=O) groups is 1. The number of ether oxygens (including phenoxy) is 1.